The second-order valence-electron chi connectivity index (χ2n) is 4.14. The van der Waals surface area contributed by atoms with E-state index in [1.165, 1.54) is 6.07 Å². The maximum atomic E-state index is 12.8. The zero-order chi connectivity index (χ0) is 16.4. The van der Waals surface area contributed by atoms with Gasteiger partial charge in [-0.25, -0.2) is 0 Å². The van der Waals surface area contributed by atoms with Gasteiger partial charge in [-0.05, 0) is 12.1 Å². The van der Waals surface area contributed by atoms with Crippen molar-refractivity contribution >= 4 is 0 Å². The van der Waals surface area contributed by atoms with Gasteiger partial charge >= 0.3 is 12.4 Å². The smallest absolute Gasteiger partial charge is 0.389 e. The predicted octanol–water partition coefficient (Wildman–Crippen LogP) is 3.03. The van der Waals surface area contributed by atoms with Crippen LogP contribution in [0.15, 0.2) is 18.2 Å². The average Bonchev–Trinajstić information content (AvgIpc) is 2.35. The van der Waals surface area contributed by atoms with Gasteiger partial charge in [0.2, 0.25) is 0 Å². The van der Waals surface area contributed by atoms with Gasteiger partial charge in [-0.3, -0.25) is 0 Å². The molecule has 1 aromatic rings. The van der Waals surface area contributed by atoms with Crippen LogP contribution in [-0.2, 0) is 12.4 Å². The van der Waals surface area contributed by atoms with Crippen LogP contribution >= 0.6 is 0 Å². The number of halogens is 6. The first kappa shape index (κ1) is 17.3. The minimum atomic E-state index is -5.15. The van der Waals surface area contributed by atoms with E-state index in [0.29, 0.717) is 18.2 Å². The quantitative estimate of drug-likeness (QED) is 0.843. The summed E-state index contributed by atoms with van der Waals surface area (Å²) in [5, 5.41) is 27.3. The summed E-state index contributed by atoms with van der Waals surface area (Å²) in [5.41, 5.74) is -4.90. The lowest BCUT2D eigenvalue weighted by atomic mass is 9.92. The molecule has 0 bridgehead atoms. The van der Waals surface area contributed by atoms with E-state index in [0.717, 1.165) is 0 Å². The zero-order valence-corrected chi connectivity index (χ0v) is 10.2. The molecule has 0 amide bonds. The Balaban J connectivity index is 3.54. The lowest BCUT2D eigenvalue weighted by Crippen LogP contribution is -2.25. The normalized spacial score (nSPS) is 15.4. The highest BCUT2D eigenvalue weighted by molar-refractivity contribution is 5.41. The first-order valence-electron chi connectivity index (χ1n) is 5.50. The Morgan fingerprint density at radius 2 is 1.43 bits per heavy atom. The van der Waals surface area contributed by atoms with Crippen molar-refractivity contribution in [1.29, 1.82) is 5.26 Å². The summed E-state index contributed by atoms with van der Waals surface area (Å²) in [6.07, 6.45) is -15.7. The third-order valence-electron chi connectivity index (χ3n) is 2.68. The summed E-state index contributed by atoms with van der Waals surface area (Å²) in [6, 6.07) is 2.65. The molecule has 0 saturated carbocycles. The van der Waals surface area contributed by atoms with Crippen LogP contribution in [0.4, 0.5) is 26.3 Å². The van der Waals surface area contributed by atoms with Crippen molar-refractivity contribution in [2.24, 2.45) is 0 Å². The molecule has 0 radical (unpaired) electrons. The van der Waals surface area contributed by atoms with Gasteiger partial charge in [0.25, 0.3) is 0 Å². The summed E-state index contributed by atoms with van der Waals surface area (Å²) >= 11 is 0. The van der Waals surface area contributed by atoms with Crippen LogP contribution in [0.1, 0.15) is 29.2 Å². The third-order valence-corrected chi connectivity index (χ3v) is 2.68. The Kier molecular flexibility index (Phi) is 4.86. The number of aliphatic hydroxyl groups excluding tert-OH is 2. The number of hydrogen-bond donors (Lipinski definition) is 2. The Bertz CT molecular complexity index is 514. The molecule has 9 heteroatoms. The first-order chi connectivity index (χ1) is 9.50. The lowest BCUT2D eigenvalue weighted by Gasteiger charge is -2.24. The van der Waals surface area contributed by atoms with E-state index < -0.39 is 47.7 Å². The fourth-order valence-corrected chi connectivity index (χ4v) is 1.78. The molecule has 2 N–H and O–H groups in total. The van der Waals surface area contributed by atoms with E-state index in [2.05, 4.69) is 0 Å². The van der Waals surface area contributed by atoms with Gasteiger partial charge in [0.15, 0.2) is 0 Å². The van der Waals surface area contributed by atoms with Gasteiger partial charge in [-0.2, -0.15) is 31.6 Å². The summed E-state index contributed by atoms with van der Waals surface area (Å²) in [4.78, 5) is 0. The van der Waals surface area contributed by atoms with Gasteiger partial charge in [0.1, 0.15) is 6.10 Å². The minimum Gasteiger partial charge on any atom is -0.389 e. The van der Waals surface area contributed by atoms with Gasteiger partial charge in [0, 0.05) is 5.56 Å². The van der Waals surface area contributed by atoms with Crippen molar-refractivity contribution < 1.29 is 36.6 Å². The molecule has 0 spiro atoms. The van der Waals surface area contributed by atoms with Crippen LogP contribution < -0.4 is 0 Å². The molecular formula is C12H9F6NO2. The Morgan fingerprint density at radius 3 is 1.76 bits per heavy atom. The molecule has 0 aromatic heterocycles. The lowest BCUT2D eigenvalue weighted by molar-refractivity contribution is -0.147. The third kappa shape index (κ3) is 3.86. The Morgan fingerprint density at radius 1 is 1.00 bits per heavy atom. The van der Waals surface area contributed by atoms with Gasteiger partial charge < -0.3 is 10.2 Å². The number of nitriles is 1. The van der Waals surface area contributed by atoms with E-state index in [1.54, 1.807) is 0 Å². The van der Waals surface area contributed by atoms with E-state index >= 15 is 0 Å². The highest BCUT2D eigenvalue weighted by Crippen LogP contribution is 2.42. The molecule has 2 unspecified atom stereocenters. The Hall–Kier alpha value is -1.79. The molecule has 0 heterocycles. The monoisotopic (exact) mass is 313 g/mol. The Labute approximate surface area is 115 Å². The number of aliphatic hydroxyl groups is 2. The van der Waals surface area contributed by atoms with Crippen molar-refractivity contribution in [2.45, 2.75) is 31.0 Å². The number of hydrogen-bond acceptors (Lipinski definition) is 3. The highest BCUT2D eigenvalue weighted by atomic mass is 19.4. The fourth-order valence-electron chi connectivity index (χ4n) is 1.78. The first-order valence-corrected chi connectivity index (χ1v) is 5.50. The van der Waals surface area contributed by atoms with Crippen molar-refractivity contribution in [3.05, 3.63) is 34.9 Å². The molecule has 0 fully saturated rings. The van der Waals surface area contributed by atoms with Crippen LogP contribution in [0.25, 0.3) is 0 Å². The van der Waals surface area contributed by atoms with Crippen LogP contribution in [0.3, 0.4) is 0 Å². The van der Waals surface area contributed by atoms with E-state index in [-0.39, 0.29) is 0 Å². The van der Waals surface area contributed by atoms with Crippen molar-refractivity contribution in [3.8, 4) is 6.07 Å². The van der Waals surface area contributed by atoms with E-state index in [4.69, 9.17) is 5.26 Å². The van der Waals surface area contributed by atoms with Crippen LogP contribution in [0.5, 0.6) is 0 Å². The molecule has 1 rings (SSSR count). The minimum absolute atomic E-state index is 0.368. The van der Waals surface area contributed by atoms with Gasteiger partial charge in [-0.1, -0.05) is 6.07 Å². The second-order valence-corrected chi connectivity index (χ2v) is 4.14. The standard InChI is InChI=1S/C12H9F6NO2/c13-11(14,15)6-2-1-3-7(12(16,17)18)9(6)10(21)8(20)4-5-19/h1-3,8,10,20-21H,4H2. The molecule has 1 aromatic carbocycles. The van der Waals surface area contributed by atoms with Crippen LogP contribution in [-0.4, -0.2) is 16.3 Å². The predicted molar refractivity (Wildman–Crippen MR) is 57.6 cm³/mol. The summed E-state index contributed by atoms with van der Waals surface area (Å²) in [5.74, 6) is 0. The van der Waals surface area contributed by atoms with E-state index in [9.17, 15) is 36.6 Å². The summed E-state index contributed by atoms with van der Waals surface area (Å²) < 4.78 is 76.8. The molecule has 2 atom stereocenters. The van der Waals surface area contributed by atoms with Gasteiger partial charge in [0.05, 0.1) is 29.7 Å². The second kappa shape index (κ2) is 5.91. The molecule has 0 aliphatic heterocycles. The summed E-state index contributed by atoms with van der Waals surface area (Å²) in [7, 11) is 0. The summed E-state index contributed by atoms with van der Waals surface area (Å²) in [6.45, 7) is 0. The van der Waals surface area contributed by atoms with Crippen molar-refractivity contribution in [2.75, 3.05) is 0 Å². The number of alkyl halides is 6. The molecule has 21 heavy (non-hydrogen) atoms. The number of benzene rings is 1. The fraction of sp³-hybridized carbons (Fsp3) is 0.417. The van der Waals surface area contributed by atoms with Crippen molar-refractivity contribution in [3.63, 3.8) is 0 Å². The molecule has 116 valence electrons. The average molecular weight is 313 g/mol. The van der Waals surface area contributed by atoms with E-state index in [1.807, 2.05) is 0 Å². The van der Waals surface area contributed by atoms with Crippen molar-refractivity contribution in [1.82, 2.24) is 0 Å². The number of nitrogens with zero attached hydrogens (tertiary/aromatic N) is 1. The van der Waals surface area contributed by atoms with Gasteiger partial charge in [-0.15, -0.1) is 0 Å². The number of rotatable bonds is 3. The molecule has 3 nitrogen and oxygen atoms in total. The molecule has 0 saturated heterocycles. The van der Waals surface area contributed by atoms with Crippen LogP contribution in [0.2, 0.25) is 0 Å². The maximum Gasteiger partial charge on any atom is 0.416 e. The SMILES string of the molecule is N#CCC(O)C(O)c1c(C(F)(F)F)cccc1C(F)(F)F. The highest BCUT2D eigenvalue weighted by Gasteiger charge is 2.43. The molecular weight excluding hydrogens is 304 g/mol. The van der Waals surface area contributed by atoms with Crippen LogP contribution in [0, 0.1) is 11.3 Å². The maximum absolute atomic E-state index is 12.8. The topological polar surface area (TPSA) is 64.2 Å². The molecule has 0 aliphatic carbocycles. The zero-order valence-electron chi connectivity index (χ0n) is 10.2. The molecule has 0 aliphatic rings. The largest absolute Gasteiger partial charge is 0.416 e.